The zero-order chi connectivity index (χ0) is 17.0. The van der Waals surface area contributed by atoms with E-state index in [1.807, 2.05) is 0 Å². The molecule has 0 spiro atoms. The van der Waals surface area contributed by atoms with Crippen molar-refractivity contribution in [3.8, 4) is 0 Å². The highest BCUT2D eigenvalue weighted by Gasteiger charge is 2.52. The molecule has 3 unspecified atom stereocenters. The highest BCUT2D eigenvalue weighted by atomic mass is 16.4. The number of hydrogen-bond donors (Lipinski definition) is 9. The first-order valence-corrected chi connectivity index (χ1v) is 7.07. The maximum Gasteiger partial charge on any atom is 0.152 e. The summed E-state index contributed by atoms with van der Waals surface area (Å²) in [7, 11) is 0. The molecule has 1 aliphatic carbocycles. The van der Waals surface area contributed by atoms with Gasteiger partial charge in [0.2, 0.25) is 0 Å². The van der Waals surface area contributed by atoms with Crippen LogP contribution in [0, 0.1) is 11.8 Å². The van der Waals surface area contributed by atoms with Gasteiger partial charge in [-0.2, -0.15) is 0 Å². The van der Waals surface area contributed by atoms with Crippen LogP contribution in [0.2, 0.25) is 0 Å². The van der Waals surface area contributed by atoms with Crippen molar-refractivity contribution in [2.45, 2.75) is 55.6 Å². The minimum atomic E-state index is -1.90. The predicted molar refractivity (Wildman–Crippen MR) is 72.2 cm³/mol. The standard InChI is InChI=1S/C13H25O9/c14-3-6-5(1-7(16)10(6)19)2-8(17)11(20)13(22)12(21)9(18)4-15/h6-22H,1-4H2/q+1/t6-,7+,8+,9?,10+,11?,12?,13-/m0/s1. The summed E-state index contributed by atoms with van der Waals surface area (Å²) in [6.45, 7) is -1.27. The molecule has 0 amide bonds. The van der Waals surface area contributed by atoms with Crippen molar-refractivity contribution in [2.24, 2.45) is 5.92 Å². The Kier molecular flexibility index (Phi) is 7.46. The van der Waals surface area contributed by atoms with Crippen LogP contribution >= 0.6 is 0 Å². The van der Waals surface area contributed by atoms with Crippen LogP contribution in [-0.2, 0) is 0 Å². The molecule has 0 aliphatic heterocycles. The molecule has 9 nitrogen and oxygen atoms in total. The Morgan fingerprint density at radius 1 is 0.864 bits per heavy atom. The van der Waals surface area contributed by atoms with Crippen LogP contribution < -0.4 is 0 Å². The molecule has 1 rings (SSSR count). The number of aliphatic hydroxyl groups is 9. The van der Waals surface area contributed by atoms with Crippen LogP contribution in [0.5, 0.6) is 0 Å². The highest BCUT2D eigenvalue weighted by molar-refractivity contribution is 5.11. The zero-order valence-electron chi connectivity index (χ0n) is 12.0. The molecule has 130 valence electrons. The first-order chi connectivity index (χ1) is 10.2. The van der Waals surface area contributed by atoms with Crippen molar-refractivity contribution in [1.82, 2.24) is 0 Å². The van der Waals surface area contributed by atoms with E-state index < -0.39 is 61.9 Å². The summed E-state index contributed by atoms with van der Waals surface area (Å²) in [4.78, 5) is 0. The van der Waals surface area contributed by atoms with Crippen LogP contribution in [0.15, 0.2) is 0 Å². The van der Waals surface area contributed by atoms with Gasteiger partial charge in [-0.1, -0.05) is 0 Å². The summed E-state index contributed by atoms with van der Waals surface area (Å²) in [6, 6.07) is 0. The molecule has 0 saturated heterocycles. The molecule has 22 heavy (non-hydrogen) atoms. The fourth-order valence-electron chi connectivity index (χ4n) is 2.68. The molecule has 1 saturated carbocycles. The molecule has 8 atom stereocenters. The van der Waals surface area contributed by atoms with Crippen molar-refractivity contribution in [1.29, 1.82) is 0 Å². The van der Waals surface area contributed by atoms with E-state index in [4.69, 9.17) is 5.11 Å². The third kappa shape index (κ3) is 4.28. The van der Waals surface area contributed by atoms with Gasteiger partial charge in [-0.15, -0.1) is 0 Å². The van der Waals surface area contributed by atoms with Gasteiger partial charge in [0.1, 0.15) is 61.5 Å². The smallest absolute Gasteiger partial charge is 0.152 e. The fraction of sp³-hybridized carbons (Fsp3) is 0.923. The van der Waals surface area contributed by atoms with Gasteiger partial charge < -0.3 is 46.0 Å². The first-order valence-electron chi connectivity index (χ1n) is 7.07. The monoisotopic (exact) mass is 325 g/mol. The third-order valence-corrected chi connectivity index (χ3v) is 4.15. The van der Waals surface area contributed by atoms with Gasteiger partial charge >= 0.3 is 0 Å². The molecule has 0 aromatic carbocycles. The van der Waals surface area contributed by atoms with Gasteiger partial charge in [0.15, 0.2) is 5.92 Å². The van der Waals surface area contributed by atoms with Gasteiger partial charge in [-0.25, -0.2) is 0 Å². The second kappa shape index (κ2) is 8.39. The van der Waals surface area contributed by atoms with Crippen molar-refractivity contribution < 1.29 is 46.0 Å². The van der Waals surface area contributed by atoms with E-state index in [1.54, 1.807) is 0 Å². The minimum absolute atomic E-state index is 0.0358. The molecule has 1 aliphatic rings. The summed E-state index contributed by atoms with van der Waals surface area (Å²) in [5.74, 6) is -0.319. The lowest BCUT2D eigenvalue weighted by atomic mass is 9.87. The number of aliphatic hydroxyl groups excluding tert-OH is 9. The van der Waals surface area contributed by atoms with Crippen LogP contribution in [0.1, 0.15) is 12.8 Å². The lowest BCUT2D eigenvalue weighted by Crippen LogP contribution is -2.50. The van der Waals surface area contributed by atoms with Gasteiger partial charge in [-0.05, 0) is 0 Å². The molecule has 9 N–H and O–H groups in total. The summed E-state index contributed by atoms with van der Waals surface area (Å²) in [6.07, 6.45) is -11.2. The van der Waals surface area contributed by atoms with Crippen molar-refractivity contribution in [3.63, 3.8) is 0 Å². The van der Waals surface area contributed by atoms with Crippen LogP contribution in [0.4, 0.5) is 0 Å². The average Bonchev–Trinajstić information content (AvgIpc) is 2.77. The molecule has 0 aromatic rings. The predicted octanol–water partition coefficient (Wildman–Crippen LogP) is -4.52. The summed E-state index contributed by atoms with van der Waals surface area (Å²) >= 11 is 0. The van der Waals surface area contributed by atoms with Gasteiger partial charge in [0.05, 0.1) is 13.2 Å². The van der Waals surface area contributed by atoms with Crippen LogP contribution in [0.3, 0.4) is 0 Å². The second-order valence-corrected chi connectivity index (χ2v) is 5.70. The van der Waals surface area contributed by atoms with Crippen molar-refractivity contribution >= 4 is 0 Å². The molecular weight excluding hydrogens is 300 g/mol. The summed E-state index contributed by atoms with van der Waals surface area (Å²) in [5, 5.41) is 85.1. The minimum Gasteiger partial charge on any atom is -0.394 e. The average molecular weight is 325 g/mol. The van der Waals surface area contributed by atoms with Gasteiger partial charge in [0, 0.05) is 0 Å². The molecule has 0 aromatic heterocycles. The van der Waals surface area contributed by atoms with E-state index in [1.165, 1.54) is 0 Å². The Morgan fingerprint density at radius 3 is 1.91 bits per heavy atom. The topological polar surface area (TPSA) is 182 Å². The molecule has 0 bridgehead atoms. The lowest BCUT2D eigenvalue weighted by molar-refractivity contribution is -0.140. The van der Waals surface area contributed by atoms with E-state index in [0.29, 0.717) is 5.92 Å². The largest absolute Gasteiger partial charge is 0.394 e. The maximum atomic E-state index is 9.91. The van der Waals surface area contributed by atoms with E-state index in [9.17, 15) is 40.9 Å². The Labute approximate surface area is 127 Å². The van der Waals surface area contributed by atoms with Gasteiger partial charge in [-0.3, -0.25) is 0 Å². The number of hydrogen-bond acceptors (Lipinski definition) is 9. The Bertz CT molecular complexity index is 329. The van der Waals surface area contributed by atoms with E-state index in [-0.39, 0.29) is 12.8 Å². The lowest BCUT2D eigenvalue weighted by Gasteiger charge is -2.28. The van der Waals surface area contributed by atoms with Crippen LogP contribution in [0.25, 0.3) is 0 Å². The molecule has 9 heteroatoms. The number of rotatable bonds is 8. The van der Waals surface area contributed by atoms with E-state index >= 15 is 0 Å². The van der Waals surface area contributed by atoms with Crippen molar-refractivity contribution in [2.75, 3.05) is 13.2 Å². The second-order valence-electron chi connectivity index (χ2n) is 5.70. The van der Waals surface area contributed by atoms with E-state index in [2.05, 4.69) is 0 Å². The van der Waals surface area contributed by atoms with Gasteiger partial charge in [0.25, 0.3) is 0 Å². The molecule has 0 heterocycles. The zero-order valence-corrected chi connectivity index (χ0v) is 12.0. The normalized spacial score (nSPS) is 32.6. The molecule has 0 radical (unpaired) electrons. The SMILES string of the molecule is OCC(O)C(O)[C@@H](O)C(O)[C@H](O)C[C+]1C[C@@H](O)[C@H](O)[C@H]1CO. The quantitative estimate of drug-likeness (QED) is 0.198. The Morgan fingerprint density at radius 2 is 1.41 bits per heavy atom. The summed E-state index contributed by atoms with van der Waals surface area (Å²) < 4.78 is 0. The van der Waals surface area contributed by atoms with Crippen LogP contribution in [-0.4, -0.2) is 102 Å². The molecule has 1 fully saturated rings. The third-order valence-electron chi connectivity index (χ3n) is 4.15. The fourth-order valence-corrected chi connectivity index (χ4v) is 2.68. The Hall–Kier alpha value is -0.490. The first kappa shape index (κ1) is 19.6. The molecular formula is C13H25O9+. The van der Waals surface area contributed by atoms with E-state index in [0.717, 1.165) is 0 Å². The maximum absolute atomic E-state index is 9.91. The summed E-state index contributed by atoms with van der Waals surface area (Å²) in [5.41, 5.74) is 0. The van der Waals surface area contributed by atoms with Crippen molar-refractivity contribution in [3.05, 3.63) is 5.92 Å². The highest BCUT2D eigenvalue weighted by Crippen LogP contribution is 2.37. The Balaban J connectivity index is 2.62.